The van der Waals surface area contributed by atoms with Crippen molar-refractivity contribution in [3.8, 4) is 0 Å². The van der Waals surface area contributed by atoms with Crippen LogP contribution in [-0.2, 0) is 26.2 Å². The molecule has 0 aromatic heterocycles. The molecule has 1 fully saturated rings. The van der Waals surface area contributed by atoms with Gasteiger partial charge in [0.2, 0.25) is 11.8 Å². The number of aryl methyl sites for hydroxylation is 1. The van der Waals surface area contributed by atoms with Crippen molar-refractivity contribution in [2.75, 3.05) is 10.8 Å². The Morgan fingerprint density at radius 2 is 1.56 bits per heavy atom. The maximum Gasteiger partial charge on any atom is 0.264 e. The number of benzene rings is 3. The lowest BCUT2D eigenvalue weighted by atomic mass is 9.95. The van der Waals surface area contributed by atoms with E-state index < -0.39 is 28.5 Å². The smallest absolute Gasteiger partial charge is 0.264 e. The van der Waals surface area contributed by atoms with Gasteiger partial charge in [0.15, 0.2) is 0 Å². The van der Waals surface area contributed by atoms with Gasteiger partial charge in [0.1, 0.15) is 12.6 Å². The summed E-state index contributed by atoms with van der Waals surface area (Å²) in [5, 5.41) is 3.72. The van der Waals surface area contributed by atoms with Gasteiger partial charge in [0, 0.05) is 17.6 Å². The molecule has 0 radical (unpaired) electrons. The fraction of sp³-hybridized carbons (Fsp3) is 0.375. The summed E-state index contributed by atoms with van der Waals surface area (Å²) in [6.07, 6.45) is 5.52. The Labute approximate surface area is 248 Å². The molecule has 0 saturated heterocycles. The van der Waals surface area contributed by atoms with Crippen molar-refractivity contribution < 1.29 is 18.0 Å². The molecule has 1 N–H and O–H groups in total. The number of carbonyl (C=O) groups excluding carboxylic acids is 2. The molecule has 41 heavy (non-hydrogen) atoms. The molecule has 3 aromatic rings. The summed E-state index contributed by atoms with van der Waals surface area (Å²) < 4.78 is 28.9. The van der Waals surface area contributed by atoms with Crippen molar-refractivity contribution in [2.45, 2.75) is 75.9 Å². The van der Waals surface area contributed by atoms with E-state index in [4.69, 9.17) is 11.6 Å². The van der Waals surface area contributed by atoms with Crippen LogP contribution in [0.4, 0.5) is 5.69 Å². The van der Waals surface area contributed by atoms with E-state index in [9.17, 15) is 18.0 Å². The van der Waals surface area contributed by atoms with Crippen molar-refractivity contribution in [3.05, 3.63) is 95.0 Å². The van der Waals surface area contributed by atoms with E-state index in [0.717, 1.165) is 47.5 Å². The monoisotopic (exact) mass is 595 g/mol. The van der Waals surface area contributed by atoms with Crippen molar-refractivity contribution in [1.29, 1.82) is 0 Å². The minimum Gasteiger partial charge on any atom is -0.352 e. The summed E-state index contributed by atoms with van der Waals surface area (Å²) >= 11 is 6.10. The zero-order valence-electron chi connectivity index (χ0n) is 23.6. The standard InChI is InChI=1S/C32H38ClN3O4S/c1-3-30(32(38)34-27-10-6-4-7-11-27)35(22-25-16-18-26(33)19-17-25)31(37)23-36(28-20-14-24(2)15-21-28)41(39,40)29-12-8-5-9-13-29/h5,8-9,12-21,27,30H,3-4,6-7,10-11,22-23H2,1-2H3,(H,34,38). The van der Waals surface area contributed by atoms with Gasteiger partial charge in [0.05, 0.1) is 10.6 Å². The molecule has 0 heterocycles. The van der Waals surface area contributed by atoms with Crippen LogP contribution in [0.2, 0.25) is 5.02 Å². The molecule has 3 aromatic carbocycles. The van der Waals surface area contributed by atoms with Crippen molar-refractivity contribution in [1.82, 2.24) is 10.2 Å². The summed E-state index contributed by atoms with van der Waals surface area (Å²) in [6.45, 7) is 3.46. The zero-order chi connectivity index (χ0) is 29.4. The molecule has 9 heteroatoms. The third-order valence-electron chi connectivity index (χ3n) is 7.54. The minimum absolute atomic E-state index is 0.0831. The SMILES string of the molecule is CCC(C(=O)NC1CCCCC1)N(Cc1ccc(Cl)cc1)C(=O)CN(c1ccc(C)cc1)S(=O)(=O)c1ccccc1. The van der Waals surface area contributed by atoms with Crippen LogP contribution in [0.5, 0.6) is 0 Å². The number of sulfonamides is 1. The molecular formula is C32H38ClN3O4S. The van der Waals surface area contributed by atoms with Crippen LogP contribution in [-0.4, -0.2) is 43.8 Å². The summed E-state index contributed by atoms with van der Waals surface area (Å²) in [5.41, 5.74) is 2.13. The van der Waals surface area contributed by atoms with Crippen molar-refractivity contribution >= 4 is 39.1 Å². The predicted molar refractivity (Wildman–Crippen MR) is 163 cm³/mol. The summed E-state index contributed by atoms with van der Waals surface area (Å²) in [6, 6.07) is 21.5. The number of carbonyl (C=O) groups is 2. The fourth-order valence-electron chi connectivity index (χ4n) is 5.21. The zero-order valence-corrected chi connectivity index (χ0v) is 25.2. The van der Waals surface area contributed by atoms with Crippen LogP contribution in [0.15, 0.2) is 83.8 Å². The maximum absolute atomic E-state index is 14.2. The Morgan fingerprint density at radius 1 is 0.927 bits per heavy atom. The van der Waals surface area contributed by atoms with Crippen LogP contribution in [0, 0.1) is 6.92 Å². The molecule has 1 atom stereocenters. The second-order valence-electron chi connectivity index (χ2n) is 10.6. The number of anilines is 1. The Bertz CT molecular complexity index is 1410. The highest BCUT2D eigenvalue weighted by molar-refractivity contribution is 7.92. The highest BCUT2D eigenvalue weighted by Crippen LogP contribution is 2.26. The predicted octanol–water partition coefficient (Wildman–Crippen LogP) is 6.10. The number of amides is 2. The van der Waals surface area contributed by atoms with Gasteiger partial charge in [0.25, 0.3) is 10.0 Å². The summed E-state index contributed by atoms with van der Waals surface area (Å²) in [7, 11) is -4.08. The first-order valence-corrected chi connectivity index (χ1v) is 16.0. The third-order valence-corrected chi connectivity index (χ3v) is 9.58. The van der Waals surface area contributed by atoms with E-state index in [1.807, 2.05) is 38.1 Å². The van der Waals surface area contributed by atoms with E-state index in [0.29, 0.717) is 17.1 Å². The second-order valence-corrected chi connectivity index (χ2v) is 12.9. The average Bonchev–Trinajstić information content (AvgIpc) is 2.98. The lowest BCUT2D eigenvalue weighted by Gasteiger charge is -2.34. The van der Waals surface area contributed by atoms with Gasteiger partial charge in [-0.05, 0) is 68.1 Å². The van der Waals surface area contributed by atoms with Gasteiger partial charge in [-0.25, -0.2) is 8.42 Å². The molecule has 0 bridgehead atoms. The van der Waals surface area contributed by atoms with E-state index in [1.165, 1.54) is 17.0 Å². The largest absolute Gasteiger partial charge is 0.352 e. The van der Waals surface area contributed by atoms with E-state index in [-0.39, 0.29) is 23.4 Å². The number of hydrogen-bond acceptors (Lipinski definition) is 4. The van der Waals surface area contributed by atoms with Crippen LogP contribution >= 0.6 is 11.6 Å². The first-order valence-electron chi connectivity index (χ1n) is 14.2. The Hall–Kier alpha value is -3.36. The van der Waals surface area contributed by atoms with E-state index in [1.54, 1.807) is 42.5 Å². The van der Waals surface area contributed by atoms with E-state index in [2.05, 4.69) is 5.32 Å². The normalized spacial score (nSPS) is 14.7. The molecule has 4 rings (SSSR count). The first kappa shape index (κ1) is 30.6. The Balaban J connectivity index is 1.68. The number of hydrogen-bond donors (Lipinski definition) is 1. The lowest BCUT2D eigenvalue weighted by Crippen LogP contribution is -2.54. The van der Waals surface area contributed by atoms with Gasteiger partial charge >= 0.3 is 0 Å². The Kier molecular flexibility index (Phi) is 10.5. The Morgan fingerprint density at radius 3 is 2.17 bits per heavy atom. The number of nitrogens with zero attached hydrogens (tertiary/aromatic N) is 2. The number of nitrogens with one attached hydrogen (secondary N) is 1. The highest BCUT2D eigenvalue weighted by Gasteiger charge is 2.34. The summed E-state index contributed by atoms with van der Waals surface area (Å²) in [5.74, 6) is -0.680. The minimum atomic E-state index is -4.08. The first-order chi connectivity index (χ1) is 19.7. The van der Waals surface area contributed by atoms with Crippen LogP contribution in [0.3, 0.4) is 0 Å². The molecular weight excluding hydrogens is 558 g/mol. The van der Waals surface area contributed by atoms with Crippen molar-refractivity contribution in [3.63, 3.8) is 0 Å². The van der Waals surface area contributed by atoms with Gasteiger partial charge < -0.3 is 10.2 Å². The molecule has 0 aliphatic heterocycles. The van der Waals surface area contributed by atoms with Crippen LogP contribution in [0.25, 0.3) is 0 Å². The molecule has 1 unspecified atom stereocenters. The molecule has 2 amide bonds. The quantitative estimate of drug-likeness (QED) is 0.290. The molecule has 1 aliphatic carbocycles. The maximum atomic E-state index is 14.2. The topological polar surface area (TPSA) is 86.8 Å². The van der Waals surface area contributed by atoms with Crippen LogP contribution < -0.4 is 9.62 Å². The average molecular weight is 596 g/mol. The summed E-state index contributed by atoms with van der Waals surface area (Å²) in [4.78, 5) is 29.3. The fourth-order valence-corrected chi connectivity index (χ4v) is 6.77. The molecule has 7 nitrogen and oxygen atoms in total. The van der Waals surface area contributed by atoms with Crippen LogP contribution in [0.1, 0.15) is 56.6 Å². The van der Waals surface area contributed by atoms with Gasteiger partial charge in [-0.15, -0.1) is 0 Å². The number of halogens is 1. The number of rotatable bonds is 11. The molecule has 1 aliphatic rings. The molecule has 0 spiro atoms. The van der Waals surface area contributed by atoms with Gasteiger partial charge in [-0.1, -0.05) is 85.8 Å². The third kappa shape index (κ3) is 7.89. The van der Waals surface area contributed by atoms with E-state index >= 15 is 0 Å². The second kappa shape index (κ2) is 14.0. The molecule has 218 valence electrons. The van der Waals surface area contributed by atoms with Gasteiger partial charge in [-0.2, -0.15) is 0 Å². The highest BCUT2D eigenvalue weighted by atomic mass is 35.5. The van der Waals surface area contributed by atoms with Crippen molar-refractivity contribution in [2.24, 2.45) is 0 Å². The molecule has 1 saturated carbocycles. The lowest BCUT2D eigenvalue weighted by molar-refractivity contribution is -0.140. The van der Waals surface area contributed by atoms with Gasteiger partial charge in [-0.3, -0.25) is 13.9 Å².